The fraction of sp³-hybridized carbons (Fsp3) is 0.938. The smallest absolute Gasteiger partial charge is 0.317 e. The van der Waals surface area contributed by atoms with E-state index in [9.17, 15) is 13.2 Å². The second-order valence-corrected chi connectivity index (χ2v) is 9.74. The number of morpholine rings is 1. The van der Waals surface area contributed by atoms with Crippen LogP contribution in [0, 0.1) is 0 Å². The third kappa shape index (κ3) is 4.40. The van der Waals surface area contributed by atoms with E-state index >= 15 is 0 Å². The lowest BCUT2D eigenvalue weighted by Gasteiger charge is -2.38. The van der Waals surface area contributed by atoms with Crippen molar-refractivity contribution >= 4 is 15.9 Å². The molecule has 0 aromatic rings. The predicted molar refractivity (Wildman–Crippen MR) is 91.8 cm³/mol. The first-order valence-corrected chi connectivity index (χ1v) is 10.8. The van der Waals surface area contributed by atoms with Gasteiger partial charge in [-0.15, -0.1) is 0 Å². The molecule has 8 heteroatoms. The van der Waals surface area contributed by atoms with Crippen LogP contribution in [-0.4, -0.2) is 86.2 Å². The van der Waals surface area contributed by atoms with E-state index in [1.54, 1.807) is 0 Å². The van der Waals surface area contributed by atoms with Gasteiger partial charge >= 0.3 is 6.03 Å². The molecule has 0 aromatic heterocycles. The Kier molecular flexibility index (Phi) is 5.36. The van der Waals surface area contributed by atoms with Crippen LogP contribution >= 0.6 is 0 Å². The lowest BCUT2D eigenvalue weighted by molar-refractivity contribution is -0.0713. The molecule has 3 aliphatic rings. The number of hydrogen-bond donors (Lipinski definition) is 1. The fourth-order valence-electron chi connectivity index (χ4n) is 4.19. The highest BCUT2D eigenvalue weighted by molar-refractivity contribution is 7.91. The minimum Gasteiger partial charge on any atom is -0.373 e. The summed E-state index contributed by atoms with van der Waals surface area (Å²) in [5.41, 5.74) is 0. The van der Waals surface area contributed by atoms with Gasteiger partial charge in [-0.1, -0.05) is 0 Å². The largest absolute Gasteiger partial charge is 0.373 e. The molecule has 0 aliphatic carbocycles. The van der Waals surface area contributed by atoms with Crippen molar-refractivity contribution < 1.29 is 17.9 Å². The zero-order valence-corrected chi connectivity index (χ0v) is 15.4. The SMILES string of the molecule is C[C@@H]1CN(C[C@@H]2CCCN2C(=O)N[C@H]2CCS(=O)(=O)C2)C[C@H](C)O1. The highest BCUT2D eigenvalue weighted by atomic mass is 32.2. The average Bonchev–Trinajstić information content (AvgIpc) is 3.04. The lowest BCUT2D eigenvalue weighted by Crippen LogP contribution is -2.53. The maximum absolute atomic E-state index is 12.6. The Bertz CT molecular complexity index is 558. The highest BCUT2D eigenvalue weighted by Crippen LogP contribution is 2.21. The molecule has 0 radical (unpaired) electrons. The standard InChI is InChI=1S/C16H29N3O4S/c1-12-8-18(9-13(2)23-12)10-15-4-3-6-19(15)16(20)17-14-5-7-24(21,22)11-14/h12-15H,3-11H2,1-2H3,(H,17,20)/t12-,13+,14-,15-/m0/s1. The van der Waals surface area contributed by atoms with Gasteiger partial charge in [-0.05, 0) is 33.1 Å². The van der Waals surface area contributed by atoms with Crippen molar-refractivity contribution in [1.29, 1.82) is 0 Å². The summed E-state index contributed by atoms with van der Waals surface area (Å²) in [5.74, 6) is 0.265. The van der Waals surface area contributed by atoms with Crippen molar-refractivity contribution in [3.05, 3.63) is 0 Å². The average molecular weight is 359 g/mol. The van der Waals surface area contributed by atoms with E-state index in [1.165, 1.54) is 0 Å². The van der Waals surface area contributed by atoms with E-state index < -0.39 is 9.84 Å². The summed E-state index contributed by atoms with van der Waals surface area (Å²) in [5, 5.41) is 2.93. The van der Waals surface area contributed by atoms with Crippen LogP contribution in [0.1, 0.15) is 33.1 Å². The van der Waals surface area contributed by atoms with Crippen molar-refractivity contribution in [2.75, 3.05) is 37.7 Å². The molecule has 0 unspecified atom stereocenters. The van der Waals surface area contributed by atoms with E-state index in [0.717, 1.165) is 39.0 Å². The molecule has 4 atom stereocenters. The summed E-state index contributed by atoms with van der Waals surface area (Å²) >= 11 is 0. The number of nitrogens with one attached hydrogen (secondary N) is 1. The molecule has 0 saturated carbocycles. The summed E-state index contributed by atoms with van der Waals surface area (Å²) in [4.78, 5) is 16.9. The Morgan fingerprint density at radius 1 is 1.21 bits per heavy atom. The number of carbonyl (C=O) groups is 1. The number of nitrogens with zero attached hydrogens (tertiary/aromatic N) is 2. The quantitative estimate of drug-likeness (QED) is 0.792. The van der Waals surface area contributed by atoms with Crippen LogP contribution in [0.2, 0.25) is 0 Å². The summed E-state index contributed by atoms with van der Waals surface area (Å²) < 4.78 is 28.9. The normalized spacial score (nSPS) is 36.8. The molecule has 3 aliphatic heterocycles. The first kappa shape index (κ1) is 17.9. The maximum Gasteiger partial charge on any atom is 0.317 e. The van der Waals surface area contributed by atoms with Gasteiger partial charge in [0.15, 0.2) is 9.84 Å². The molecule has 0 spiro atoms. The van der Waals surface area contributed by atoms with Gasteiger partial charge in [-0.25, -0.2) is 13.2 Å². The molecule has 3 heterocycles. The number of sulfone groups is 1. The molecule has 3 saturated heterocycles. The summed E-state index contributed by atoms with van der Waals surface area (Å²) in [7, 11) is -2.97. The molecule has 7 nitrogen and oxygen atoms in total. The molecular weight excluding hydrogens is 330 g/mol. The van der Waals surface area contributed by atoms with Gasteiger partial charge in [0, 0.05) is 38.3 Å². The minimum absolute atomic E-state index is 0.0791. The van der Waals surface area contributed by atoms with Gasteiger partial charge in [0.2, 0.25) is 0 Å². The van der Waals surface area contributed by atoms with Crippen LogP contribution < -0.4 is 5.32 Å². The van der Waals surface area contributed by atoms with Gasteiger partial charge in [0.05, 0.1) is 23.7 Å². The van der Waals surface area contributed by atoms with Crippen molar-refractivity contribution in [3.8, 4) is 0 Å². The second kappa shape index (κ2) is 7.17. The Labute approximate surface area is 144 Å². The number of rotatable bonds is 3. The van der Waals surface area contributed by atoms with Gasteiger partial charge in [0.1, 0.15) is 0 Å². The number of urea groups is 1. The number of hydrogen-bond acceptors (Lipinski definition) is 5. The Morgan fingerprint density at radius 3 is 2.54 bits per heavy atom. The highest BCUT2D eigenvalue weighted by Gasteiger charge is 2.35. The Balaban J connectivity index is 1.54. The van der Waals surface area contributed by atoms with Gasteiger partial charge < -0.3 is 15.0 Å². The zero-order valence-electron chi connectivity index (χ0n) is 14.6. The van der Waals surface area contributed by atoms with E-state index in [-0.39, 0.29) is 41.8 Å². The van der Waals surface area contributed by atoms with Crippen LogP contribution in [0.3, 0.4) is 0 Å². The number of amides is 2. The van der Waals surface area contributed by atoms with Crippen LogP contribution in [0.5, 0.6) is 0 Å². The second-order valence-electron chi connectivity index (χ2n) is 7.51. The maximum atomic E-state index is 12.6. The lowest BCUT2D eigenvalue weighted by atomic mass is 10.1. The van der Waals surface area contributed by atoms with E-state index in [0.29, 0.717) is 6.42 Å². The van der Waals surface area contributed by atoms with Crippen molar-refractivity contribution in [2.24, 2.45) is 0 Å². The first-order valence-electron chi connectivity index (χ1n) is 8.98. The summed E-state index contributed by atoms with van der Waals surface area (Å²) in [6, 6.07) is -0.123. The van der Waals surface area contributed by atoms with E-state index in [4.69, 9.17) is 4.74 Å². The van der Waals surface area contributed by atoms with Crippen LogP contribution in [0.4, 0.5) is 4.79 Å². The monoisotopic (exact) mass is 359 g/mol. The van der Waals surface area contributed by atoms with Gasteiger partial charge in [-0.3, -0.25) is 4.90 Å². The van der Waals surface area contributed by atoms with Crippen LogP contribution in [-0.2, 0) is 14.6 Å². The van der Waals surface area contributed by atoms with Crippen LogP contribution in [0.15, 0.2) is 0 Å². The fourth-order valence-corrected chi connectivity index (χ4v) is 5.86. The van der Waals surface area contributed by atoms with Crippen molar-refractivity contribution in [1.82, 2.24) is 15.1 Å². The predicted octanol–water partition coefficient (Wildman–Crippen LogP) is 0.457. The summed E-state index contributed by atoms with van der Waals surface area (Å²) in [6.45, 7) is 7.60. The van der Waals surface area contributed by atoms with E-state index in [1.807, 2.05) is 4.90 Å². The summed E-state index contributed by atoms with van der Waals surface area (Å²) in [6.07, 6.45) is 3.00. The van der Waals surface area contributed by atoms with Gasteiger partial charge in [-0.2, -0.15) is 0 Å². The van der Waals surface area contributed by atoms with Crippen LogP contribution in [0.25, 0.3) is 0 Å². The molecule has 24 heavy (non-hydrogen) atoms. The molecule has 3 rings (SSSR count). The molecule has 1 N–H and O–H groups in total. The first-order chi connectivity index (χ1) is 11.3. The topological polar surface area (TPSA) is 79.0 Å². The molecular formula is C16H29N3O4S. The molecule has 2 amide bonds. The number of carbonyl (C=O) groups excluding carboxylic acids is 1. The number of likely N-dealkylation sites (tertiary alicyclic amines) is 1. The van der Waals surface area contributed by atoms with Gasteiger partial charge in [0.25, 0.3) is 0 Å². The number of ether oxygens (including phenoxy) is 1. The minimum atomic E-state index is -2.97. The van der Waals surface area contributed by atoms with Crippen molar-refractivity contribution in [2.45, 2.75) is 57.4 Å². The molecule has 3 fully saturated rings. The van der Waals surface area contributed by atoms with E-state index in [2.05, 4.69) is 24.1 Å². The third-order valence-corrected chi connectivity index (χ3v) is 6.93. The Morgan fingerprint density at radius 2 is 1.92 bits per heavy atom. The Hall–Kier alpha value is -0.860. The zero-order chi connectivity index (χ0) is 17.3. The molecule has 0 aromatic carbocycles. The van der Waals surface area contributed by atoms with Crippen molar-refractivity contribution in [3.63, 3.8) is 0 Å². The molecule has 138 valence electrons. The molecule has 0 bridgehead atoms. The third-order valence-electron chi connectivity index (χ3n) is 5.16.